The molecule has 3 aromatic rings. The molecule has 0 saturated heterocycles. The number of thiazole rings is 1. The Morgan fingerprint density at radius 3 is 2.62 bits per heavy atom. The molecule has 0 N–H and O–H groups in total. The molecular weight excluding hydrogens is 366 g/mol. The summed E-state index contributed by atoms with van der Waals surface area (Å²) in [5, 5.41) is 0.693. The van der Waals surface area contributed by atoms with Crippen molar-refractivity contribution in [2.45, 2.75) is 6.67 Å². The van der Waals surface area contributed by atoms with Crippen molar-refractivity contribution in [1.82, 2.24) is 4.57 Å². The van der Waals surface area contributed by atoms with Crippen LogP contribution >= 0.6 is 22.9 Å². The third-order valence-corrected chi connectivity index (χ3v) is 5.42. The molecule has 4 nitrogen and oxygen atoms in total. The average molecular weight is 382 g/mol. The number of rotatable bonds is 3. The fourth-order valence-electron chi connectivity index (χ4n) is 2.75. The summed E-state index contributed by atoms with van der Waals surface area (Å²) < 4.78 is 2.40. The largest absolute Gasteiger partial charge is 0.334 e. The van der Waals surface area contributed by atoms with Crippen molar-refractivity contribution in [2.75, 3.05) is 11.6 Å². The Morgan fingerprint density at radius 1 is 1.08 bits per heavy atom. The van der Waals surface area contributed by atoms with Crippen LogP contribution in [0.1, 0.15) is 5.56 Å². The van der Waals surface area contributed by atoms with Gasteiger partial charge in [-0.25, -0.2) is 4.99 Å². The van der Waals surface area contributed by atoms with E-state index in [1.54, 1.807) is 4.57 Å². The van der Waals surface area contributed by atoms with Gasteiger partial charge in [0.05, 0.1) is 4.53 Å². The van der Waals surface area contributed by atoms with E-state index >= 15 is 0 Å². The van der Waals surface area contributed by atoms with E-state index in [-0.39, 0.29) is 5.56 Å². The zero-order chi connectivity index (χ0) is 17.9. The number of anilines is 1. The van der Waals surface area contributed by atoms with Gasteiger partial charge in [-0.1, -0.05) is 65.4 Å². The van der Waals surface area contributed by atoms with Gasteiger partial charge in [-0.15, -0.1) is 0 Å². The minimum atomic E-state index is -0.00914. The minimum Gasteiger partial charge on any atom is -0.334 e. The Morgan fingerprint density at radius 2 is 1.85 bits per heavy atom. The lowest BCUT2D eigenvalue weighted by Crippen LogP contribution is -2.42. The summed E-state index contributed by atoms with van der Waals surface area (Å²) >= 11 is 7.37. The number of allylic oxidation sites excluding steroid dienone is 1. The second kappa shape index (κ2) is 7.32. The smallest absolute Gasteiger partial charge is 0.271 e. The average Bonchev–Trinajstić information content (AvgIpc) is 2.99. The van der Waals surface area contributed by atoms with E-state index in [1.165, 1.54) is 11.3 Å². The van der Waals surface area contributed by atoms with E-state index in [2.05, 4.69) is 4.99 Å². The molecule has 0 aliphatic carbocycles. The van der Waals surface area contributed by atoms with E-state index in [0.717, 1.165) is 16.1 Å². The van der Waals surface area contributed by atoms with E-state index in [4.69, 9.17) is 11.6 Å². The zero-order valence-corrected chi connectivity index (χ0v) is 15.5. The molecule has 0 radical (unpaired) electrons. The SMILES string of the molecule is O=c1/c(=C/C=C/c2ccccc2)sc2n1CN(c1ccc(Cl)cc1)CN=2. The van der Waals surface area contributed by atoms with E-state index < -0.39 is 0 Å². The molecular formula is C20H16ClN3OS. The van der Waals surface area contributed by atoms with Crippen LogP contribution in [0.25, 0.3) is 12.2 Å². The minimum absolute atomic E-state index is 0.00914. The Hall–Kier alpha value is -2.63. The maximum Gasteiger partial charge on any atom is 0.271 e. The fourth-order valence-corrected chi connectivity index (χ4v) is 3.79. The van der Waals surface area contributed by atoms with Gasteiger partial charge in [-0.05, 0) is 35.9 Å². The number of hydrogen-bond acceptors (Lipinski definition) is 4. The summed E-state index contributed by atoms with van der Waals surface area (Å²) in [6.45, 7) is 1.02. The topological polar surface area (TPSA) is 37.6 Å². The predicted octanol–water partition coefficient (Wildman–Crippen LogP) is 3.11. The zero-order valence-electron chi connectivity index (χ0n) is 13.9. The Kier molecular flexibility index (Phi) is 4.73. The molecule has 6 heteroatoms. The van der Waals surface area contributed by atoms with Crippen molar-refractivity contribution >= 4 is 40.8 Å². The highest BCUT2D eigenvalue weighted by molar-refractivity contribution is 7.07. The van der Waals surface area contributed by atoms with Crippen LogP contribution in [0.15, 0.2) is 70.5 Å². The molecule has 2 heterocycles. The highest BCUT2D eigenvalue weighted by atomic mass is 35.5. The number of hydrogen-bond donors (Lipinski definition) is 0. The van der Waals surface area contributed by atoms with Gasteiger partial charge >= 0.3 is 0 Å². The van der Waals surface area contributed by atoms with Crippen molar-refractivity contribution in [3.8, 4) is 0 Å². The van der Waals surface area contributed by atoms with Crippen LogP contribution < -0.4 is 19.8 Å². The van der Waals surface area contributed by atoms with Gasteiger partial charge < -0.3 is 4.90 Å². The number of halogens is 1. The molecule has 0 atom stereocenters. The van der Waals surface area contributed by atoms with E-state index in [1.807, 2.05) is 77.7 Å². The quantitative estimate of drug-likeness (QED) is 0.699. The van der Waals surface area contributed by atoms with Gasteiger partial charge in [0.25, 0.3) is 5.56 Å². The van der Waals surface area contributed by atoms with Crippen LogP contribution in [0, 0.1) is 0 Å². The monoisotopic (exact) mass is 381 g/mol. The summed E-state index contributed by atoms with van der Waals surface area (Å²) in [5.41, 5.74) is 2.09. The van der Waals surface area contributed by atoms with Crippen molar-refractivity contribution < 1.29 is 0 Å². The normalized spacial score (nSPS) is 14.5. The standard InChI is InChI=1S/C20H16ClN3OS/c21-16-9-11-17(12-10-16)23-13-22-20-24(14-23)19(25)18(26-20)8-4-7-15-5-2-1-3-6-15/h1-12H,13-14H2/b7-4+,18-8-. The third kappa shape index (κ3) is 3.49. The number of fused-ring (bicyclic) bond motifs is 1. The van der Waals surface area contributed by atoms with Crippen molar-refractivity contribution in [1.29, 1.82) is 0 Å². The summed E-state index contributed by atoms with van der Waals surface area (Å²) in [6.07, 6.45) is 5.75. The lowest BCUT2D eigenvalue weighted by atomic mass is 10.2. The van der Waals surface area contributed by atoms with E-state index in [0.29, 0.717) is 22.9 Å². The first-order valence-electron chi connectivity index (χ1n) is 8.19. The molecule has 1 aliphatic rings. The maximum atomic E-state index is 12.7. The summed E-state index contributed by atoms with van der Waals surface area (Å²) in [5.74, 6) is 0. The van der Waals surface area contributed by atoms with Crippen molar-refractivity contribution in [2.24, 2.45) is 4.99 Å². The summed E-state index contributed by atoms with van der Waals surface area (Å²) in [4.78, 5) is 20.0. The molecule has 0 bridgehead atoms. The number of aromatic nitrogens is 1. The molecule has 0 amide bonds. The molecule has 4 rings (SSSR count). The highest BCUT2D eigenvalue weighted by Gasteiger charge is 2.15. The molecule has 2 aromatic carbocycles. The molecule has 0 spiro atoms. The number of nitrogens with zero attached hydrogens (tertiary/aromatic N) is 3. The molecule has 1 aromatic heterocycles. The summed E-state index contributed by atoms with van der Waals surface area (Å²) in [6, 6.07) is 17.6. The fraction of sp³-hybridized carbons (Fsp3) is 0.100. The third-order valence-electron chi connectivity index (χ3n) is 4.10. The Labute approximate surface area is 159 Å². The molecule has 1 aliphatic heterocycles. The highest BCUT2D eigenvalue weighted by Crippen LogP contribution is 2.18. The lowest BCUT2D eigenvalue weighted by molar-refractivity contribution is 0.569. The van der Waals surface area contributed by atoms with Gasteiger partial charge in [0.2, 0.25) is 0 Å². The van der Waals surface area contributed by atoms with Crippen LogP contribution in [-0.4, -0.2) is 11.2 Å². The summed E-state index contributed by atoms with van der Waals surface area (Å²) in [7, 11) is 0. The lowest BCUT2D eigenvalue weighted by Gasteiger charge is -2.25. The molecule has 130 valence electrons. The maximum absolute atomic E-state index is 12.7. The molecule has 26 heavy (non-hydrogen) atoms. The van der Waals surface area contributed by atoms with E-state index in [9.17, 15) is 4.79 Å². The van der Waals surface area contributed by atoms with Gasteiger partial charge in [0.15, 0.2) is 4.80 Å². The first-order valence-corrected chi connectivity index (χ1v) is 9.38. The van der Waals surface area contributed by atoms with Gasteiger partial charge in [-0.2, -0.15) is 0 Å². The van der Waals surface area contributed by atoms with Gasteiger partial charge in [0.1, 0.15) is 13.3 Å². The Balaban J connectivity index is 1.61. The Bertz CT molecular complexity index is 1110. The second-order valence-electron chi connectivity index (χ2n) is 5.88. The number of benzene rings is 2. The van der Waals surface area contributed by atoms with Crippen LogP contribution in [-0.2, 0) is 6.67 Å². The van der Waals surface area contributed by atoms with Crippen LogP contribution in [0.5, 0.6) is 0 Å². The van der Waals surface area contributed by atoms with Crippen molar-refractivity contribution in [3.63, 3.8) is 0 Å². The first kappa shape index (κ1) is 16.8. The van der Waals surface area contributed by atoms with Crippen LogP contribution in [0.2, 0.25) is 5.02 Å². The van der Waals surface area contributed by atoms with Crippen LogP contribution in [0.4, 0.5) is 5.69 Å². The molecule has 0 unspecified atom stereocenters. The van der Waals surface area contributed by atoms with Crippen LogP contribution in [0.3, 0.4) is 0 Å². The predicted molar refractivity (Wildman–Crippen MR) is 108 cm³/mol. The second-order valence-corrected chi connectivity index (χ2v) is 7.32. The molecule has 0 fully saturated rings. The first-order chi connectivity index (χ1) is 12.7. The van der Waals surface area contributed by atoms with Crippen molar-refractivity contribution in [3.05, 3.63) is 90.9 Å². The van der Waals surface area contributed by atoms with Gasteiger partial charge in [-0.3, -0.25) is 9.36 Å². The molecule has 0 saturated carbocycles. The van der Waals surface area contributed by atoms with Gasteiger partial charge in [0, 0.05) is 10.7 Å².